The largest absolute Gasteiger partial charge is 0.494 e. The van der Waals surface area contributed by atoms with Crippen molar-refractivity contribution in [1.29, 1.82) is 0 Å². The molecule has 2 rings (SSSR count). The Morgan fingerprint density at radius 3 is 2.00 bits per heavy atom. The fraction of sp³-hybridized carbons (Fsp3) is 0.391. The molecule has 0 aliphatic rings. The quantitative estimate of drug-likeness (QED) is 0.423. The summed E-state index contributed by atoms with van der Waals surface area (Å²) in [5.74, 6) is 1.44. The van der Waals surface area contributed by atoms with Crippen LogP contribution in [0.2, 0.25) is 0 Å². The van der Waals surface area contributed by atoms with Crippen molar-refractivity contribution in [2.75, 3.05) is 33.0 Å². The van der Waals surface area contributed by atoms with Gasteiger partial charge in [-0.3, -0.25) is 4.79 Å². The molecule has 30 heavy (non-hydrogen) atoms. The van der Waals surface area contributed by atoms with Crippen LogP contribution >= 0.6 is 0 Å². The van der Waals surface area contributed by atoms with Crippen molar-refractivity contribution < 1.29 is 28.5 Å². The lowest BCUT2D eigenvalue weighted by Gasteiger charge is -2.10. The second-order valence-corrected chi connectivity index (χ2v) is 6.78. The molecule has 0 heterocycles. The Balaban J connectivity index is 1.57. The van der Waals surface area contributed by atoms with Crippen molar-refractivity contribution in [3.8, 4) is 17.2 Å². The van der Waals surface area contributed by atoms with Gasteiger partial charge in [-0.2, -0.15) is 0 Å². The van der Waals surface area contributed by atoms with Crippen LogP contribution in [0.25, 0.3) is 0 Å². The zero-order valence-electron chi connectivity index (χ0n) is 17.7. The topological polar surface area (TPSA) is 83.1 Å². The number of carbonyl (C=O) groups excluding carboxylic acids is 2. The Labute approximate surface area is 177 Å². The fourth-order valence-electron chi connectivity index (χ4n) is 2.49. The molecule has 0 radical (unpaired) electrons. The van der Waals surface area contributed by atoms with Crippen LogP contribution in [0.5, 0.6) is 17.2 Å². The molecule has 0 bridgehead atoms. The van der Waals surface area contributed by atoms with E-state index in [2.05, 4.69) is 19.2 Å². The maximum absolute atomic E-state index is 11.7. The van der Waals surface area contributed by atoms with Crippen LogP contribution in [-0.2, 0) is 14.3 Å². The van der Waals surface area contributed by atoms with E-state index in [0.717, 1.165) is 5.75 Å². The Hall–Kier alpha value is -3.22. The second-order valence-electron chi connectivity index (χ2n) is 6.78. The van der Waals surface area contributed by atoms with Gasteiger partial charge in [-0.25, -0.2) is 4.79 Å². The minimum atomic E-state index is -0.608. The van der Waals surface area contributed by atoms with Gasteiger partial charge in [-0.15, -0.1) is 0 Å². The molecule has 1 amide bonds. The molecule has 162 valence electrons. The molecule has 0 atom stereocenters. The van der Waals surface area contributed by atoms with Gasteiger partial charge in [0.15, 0.2) is 13.2 Å². The van der Waals surface area contributed by atoms with Crippen molar-refractivity contribution in [2.45, 2.75) is 26.7 Å². The molecule has 7 heteroatoms. The molecule has 0 unspecified atom stereocenters. The highest BCUT2D eigenvalue weighted by molar-refractivity contribution is 5.80. The van der Waals surface area contributed by atoms with Crippen LogP contribution in [0, 0.1) is 0 Å². The zero-order valence-corrected chi connectivity index (χ0v) is 17.7. The van der Waals surface area contributed by atoms with Crippen LogP contribution in [0.1, 0.15) is 32.3 Å². The summed E-state index contributed by atoms with van der Waals surface area (Å²) in [6, 6.07) is 14.7. The number of hydrogen-bond acceptors (Lipinski definition) is 6. The number of hydrogen-bond donors (Lipinski definition) is 1. The fourth-order valence-corrected chi connectivity index (χ4v) is 2.49. The van der Waals surface area contributed by atoms with Gasteiger partial charge in [0.25, 0.3) is 5.91 Å². The molecule has 0 aliphatic carbocycles. The molecule has 0 spiro atoms. The predicted molar refractivity (Wildman–Crippen MR) is 113 cm³/mol. The van der Waals surface area contributed by atoms with Gasteiger partial charge in [-0.1, -0.05) is 26.0 Å². The summed E-state index contributed by atoms with van der Waals surface area (Å²) in [5, 5.41) is 2.62. The Kier molecular flexibility index (Phi) is 9.51. The predicted octanol–water partition coefficient (Wildman–Crippen LogP) is 3.33. The summed E-state index contributed by atoms with van der Waals surface area (Å²) in [7, 11) is 0. The molecule has 7 nitrogen and oxygen atoms in total. The van der Waals surface area contributed by atoms with E-state index in [-0.39, 0.29) is 13.2 Å². The zero-order chi connectivity index (χ0) is 21.8. The van der Waals surface area contributed by atoms with Gasteiger partial charge in [0, 0.05) is 0 Å². The average molecular weight is 415 g/mol. The third-order valence-electron chi connectivity index (χ3n) is 4.10. The molecular formula is C23H29NO6. The van der Waals surface area contributed by atoms with Gasteiger partial charge in [-0.05, 0) is 54.8 Å². The standard InChI is InChI=1S/C23H29NO6/c1-4-27-19-9-11-20(12-10-19)28-14-13-24-22(25)15-30-23(26)16-29-21-7-5-18(6-8-21)17(2)3/h5-12,17H,4,13-16H2,1-3H3,(H,24,25). The smallest absolute Gasteiger partial charge is 0.344 e. The monoisotopic (exact) mass is 415 g/mol. The third kappa shape index (κ3) is 8.43. The lowest BCUT2D eigenvalue weighted by atomic mass is 10.0. The first-order valence-electron chi connectivity index (χ1n) is 9.98. The van der Waals surface area contributed by atoms with E-state index in [0.29, 0.717) is 37.2 Å². The number of rotatable bonds is 12. The normalized spacial score (nSPS) is 10.4. The van der Waals surface area contributed by atoms with Gasteiger partial charge in [0.2, 0.25) is 0 Å². The van der Waals surface area contributed by atoms with Crippen molar-refractivity contribution in [2.24, 2.45) is 0 Å². The molecule has 0 fully saturated rings. The minimum absolute atomic E-state index is 0.255. The van der Waals surface area contributed by atoms with Crippen LogP contribution in [0.15, 0.2) is 48.5 Å². The van der Waals surface area contributed by atoms with E-state index in [1.165, 1.54) is 5.56 Å². The van der Waals surface area contributed by atoms with E-state index >= 15 is 0 Å². The van der Waals surface area contributed by atoms with E-state index in [4.69, 9.17) is 18.9 Å². The summed E-state index contributed by atoms with van der Waals surface area (Å²) in [4.78, 5) is 23.5. The molecule has 2 aromatic rings. The molecule has 0 saturated heterocycles. The second kappa shape index (κ2) is 12.4. The van der Waals surface area contributed by atoms with Crippen LogP contribution in [0.4, 0.5) is 0 Å². The van der Waals surface area contributed by atoms with E-state index < -0.39 is 11.9 Å². The Bertz CT molecular complexity index is 786. The summed E-state index contributed by atoms with van der Waals surface area (Å²) in [5.41, 5.74) is 1.19. The minimum Gasteiger partial charge on any atom is -0.494 e. The summed E-state index contributed by atoms with van der Waals surface area (Å²) in [6.07, 6.45) is 0. The van der Waals surface area contributed by atoms with Crippen molar-refractivity contribution >= 4 is 11.9 Å². The number of ether oxygens (including phenoxy) is 4. The van der Waals surface area contributed by atoms with Crippen molar-refractivity contribution in [1.82, 2.24) is 5.32 Å². The maximum atomic E-state index is 11.7. The van der Waals surface area contributed by atoms with Crippen LogP contribution in [0.3, 0.4) is 0 Å². The van der Waals surface area contributed by atoms with Crippen molar-refractivity contribution in [3.05, 3.63) is 54.1 Å². The molecule has 0 aliphatic heterocycles. The SMILES string of the molecule is CCOc1ccc(OCCNC(=O)COC(=O)COc2ccc(C(C)C)cc2)cc1. The summed E-state index contributed by atoms with van der Waals surface area (Å²) < 4.78 is 21.2. The highest BCUT2D eigenvalue weighted by Gasteiger charge is 2.09. The first kappa shape index (κ1) is 23.1. The van der Waals surface area contributed by atoms with Crippen LogP contribution < -0.4 is 19.5 Å². The molecule has 1 N–H and O–H groups in total. The van der Waals surface area contributed by atoms with Crippen LogP contribution in [-0.4, -0.2) is 44.8 Å². The highest BCUT2D eigenvalue weighted by atomic mass is 16.6. The first-order chi connectivity index (χ1) is 14.5. The molecular weight excluding hydrogens is 386 g/mol. The van der Waals surface area contributed by atoms with Gasteiger partial charge >= 0.3 is 5.97 Å². The van der Waals surface area contributed by atoms with E-state index in [1.54, 1.807) is 24.3 Å². The highest BCUT2D eigenvalue weighted by Crippen LogP contribution is 2.19. The number of benzene rings is 2. The van der Waals surface area contributed by atoms with E-state index in [9.17, 15) is 9.59 Å². The number of carbonyl (C=O) groups is 2. The lowest BCUT2D eigenvalue weighted by Crippen LogP contribution is -2.32. The average Bonchev–Trinajstić information content (AvgIpc) is 2.75. The number of amides is 1. The first-order valence-corrected chi connectivity index (χ1v) is 9.98. The summed E-state index contributed by atoms with van der Waals surface area (Å²) >= 11 is 0. The van der Waals surface area contributed by atoms with Gasteiger partial charge < -0.3 is 24.3 Å². The maximum Gasteiger partial charge on any atom is 0.344 e. The Morgan fingerprint density at radius 2 is 1.40 bits per heavy atom. The van der Waals surface area contributed by atoms with Gasteiger partial charge in [0.1, 0.15) is 23.9 Å². The number of esters is 1. The third-order valence-corrected chi connectivity index (χ3v) is 4.10. The molecule has 0 aromatic heterocycles. The van der Waals surface area contributed by atoms with E-state index in [1.807, 2.05) is 31.2 Å². The summed E-state index contributed by atoms with van der Waals surface area (Å²) in [6.45, 7) is 6.70. The molecule has 0 saturated carbocycles. The van der Waals surface area contributed by atoms with Gasteiger partial charge in [0.05, 0.1) is 13.2 Å². The Morgan fingerprint density at radius 1 is 0.833 bits per heavy atom. The molecule has 2 aromatic carbocycles. The lowest BCUT2D eigenvalue weighted by molar-refractivity contribution is -0.150. The van der Waals surface area contributed by atoms with Crippen molar-refractivity contribution in [3.63, 3.8) is 0 Å². The number of nitrogens with one attached hydrogen (secondary N) is 1.